The maximum absolute atomic E-state index is 6.11. The van der Waals surface area contributed by atoms with Crippen LogP contribution in [0.25, 0.3) is 0 Å². The average Bonchev–Trinajstić information content (AvgIpc) is 2.64. The van der Waals surface area contributed by atoms with Gasteiger partial charge in [0.2, 0.25) is 0 Å². The molecule has 26 heavy (non-hydrogen) atoms. The van der Waals surface area contributed by atoms with Crippen LogP contribution < -0.4 is 11.5 Å². The number of aliphatic imine (C=N–C) groups is 2. The molecule has 150 valence electrons. The van der Waals surface area contributed by atoms with Crippen molar-refractivity contribution in [1.82, 2.24) is 9.80 Å². The quantitative estimate of drug-likeness (QED) is 0.413. The summed E-state index contributed by atoms with van der Waals surface area (Å²) in [5.74, 6) is 3.14. The van der Waals surface area contributed by atoms with Gasteiger partial charge in [0.1, 0.15) is 0 Å². The van der Waals surface area contributed by atoms with E-state index in [1.165, 1.54) is 38.5 Å². The van der Waals surface area contributed by atoms with Gasteiger partial charge in [-0.3, -0.25) is 9.98 Å². The molecule has 2 rings (SSSR count). The van der Waals surface area contributed by atoms with E-state index in [0.717, 1.165) is 75.9 Å². The maximum atomic E-state index is 6.11. The van der Waals surface area contributed by atoms with Crippen molar-refractivity contribution in [2.75, 3.05) is 39.3 Å². The van der Waals surface area contributed by atoms with E-state index in [4.69, 9.17) is 11.5 Å². The van der Waals surface area contributed by atoms with Gasteiger partial charge in [0, 0.05) is 39.3 Å². The second-order valence-electron chi connectivity index (χ2n) is 8.23. The molecule has 0 amide bonds. The number of guanidine groups is 2. The molecule has 0 atom stereocenters. The maximum Gasteiger partial charge on any atom is 0.191 e. The third kappa shape index (κ3) is 7.42. The Balaban J connectivity index is 1.50. The third-order valence-corrected chi connectivity index (χ3v) is 5.83. The van der Waals surface area contributed by atoms with Crippen molar-refractivity contribution in [1.29, 1.82) is 0 Å². The Morgan fingerprint density at radius 3 is 1.38 bits per heavy atom. The number of hydrogen-bond acceptors (Lipinski definition) is 2. The van der Waals surface area contributed by atoms with Gasteiger partial charge in [0.05, 0.1) is 0 Å². The molecule has 2 aliphatic heterocycles. The van der Waals surface area contributed by atoms with Crippen molar-refractivity contribution < 1.29 is 0 Å². The summed E-state index contributed by atoms with van der Waals surface area (Å²) in [6.45, 7) is 10.6. The monoisotopic (exact) mass is 364 g/mol. The smallest absolute Gasteiger partial charge is 0.191 e. The molecule has 0 radical (unpaired) electrons. The normalized spacial score (nSPS) is 21.5. The SMILES string of the molecule is CC1CCN(C(N)=NCCCCCCN=C(N)N2CCC(C)CC2)CC1. The molecule has 2 aliphatic rings. The minimum absolute atomic E-state index is 0.741. The third-order valence-electron chi connectivity index (χ3n) is 5.83. The lowest BCUT2D eigenvalue weighted by Gasteiger charge is -2.31. The molecule has 0 saturated carbocycles. The van der Waals surface area contributed by atoms with E-state index < -0.39 is 0 Å². The van der Waals surface area contributed by atoms with E-state index in [-0.39, 0.29) is 0 Å². The summed E-state index contributed by atoms with van der Waals surface area (Å²) in [6.07, 6.45) is 9.51. The van der Waals surface area contributed by atoms with E-state index in [2.05, 4.69) is 33.6 Å². The van der Waals surface area contributed by atoms with Gasteiger partial charge in [-0.05, 0) is 50.4 Å². The lowest BCUT2D eigenvalue weighted by molar-refractivity contribution is 0.277. The fourth-order valence-corrected chi connectivity index (χ4v) is 3.64. The summed E-state index contributed by atoms with van der Waals surface area (Å²) in [7, 11) is 0. The minimum Gasteiger partial charge on any atom is -0.370 e. The highest BCUT2D eigenvalue weighted by Gasteiger charge is 2.17. The molecule has 2 heterocycles. The predicted octanol–water partition coefficient (Wildman–Crippen LogP) is 2.64. The minimum atomic E-state index is 0.741. The zero-order valence-electron chi connectivity index (χ0n) is 17.0. The summed E-state index contributed by atoms with van der Waals surface area (Å²) in [5.41, 5.74) is 12.2. The first kappa shape index (κ1) is 20.8. The van der Waals surface area contributed by atoms with E-state index in [9.17, 15) is 0 Å². The molecule has 0 aromatic heterocycles. The Bertz CT molecular complexity index is 403. The first-order chi connectivity index (χ1) is 12.6. The van der Waals surface area contributed by atoms with Crippen LogP contribution in [0.5, 0.6) is 0 Å². The van der Waals surface area contributed by atoms with Crippen LogP contribution in [0.15, 0.2) is 9.98 Å². The fourth-order valence-electron chi connectivity index (χ4n) is 3.64. The highest BCUT2D eigenvalue weighted by molar-refractivity contribution is 5.78. The standard InChI is InChI=1S/C20H40N6/c1-17-7-13-25(14-8-17)19(21)23-11-5-3-4-6-12-24-20(22)26-15-9-18(2)10-16-26/h17-18H,3-16H2,1-2H3,(H2,21,23)(H2,22,24). The Morgan fingerprint density at radius 2 is 1.04 bits per heavy atom. The lowest BCUT2D eigenvalue weighted by atomic mass is 10.00. The molecule has 6 heteroatoms. The molecule has 0 spiro atoms. The van der Waals surface area contributed by atoms with Crippen molar-refractivity contribution in [2.45, 2.75) is 65.2 Å². The predicted molar refractivity (Wildman–Crippen MR) is 111 cm³/mol. The summed E-state index contributed by atoms with van der Waals surface area (Å²) < 4.78 is 0. The van der Waals surface area contributed by atoms with Gasteiger partial charge in [-0.2, -0.15) is 0 Å². The number of unbranched alkanes of at least 4 members (excludes halogenated alkanes) is 3. The Hall–Kier alpha value is -1.46. The molecular weight excluding hydrogens is 324 g/mol. The number of hydrogen-bond donors (Lipinski definition) is 2. The summed E-state index contributed by atoms with van der Waals surface area (Å²) in [5, 5.41) is 0. The van der Waals surface area contributed by atoms with Gasteiger partial charge in [-0.1, -0.05) is 26.7 Å². The number of piperidine rings is 2. The molecule has 0 unspecified atom stereocenters. The van der Waals surface area contributed by atoms with E-state index in [1.807, 2.05) is 0 Å². The molecule has 0 aromatic carbocycles. The van der Waals surface area contributed by atoms with Gasteiger partial charge in [-0.15, -0.1) is 0 Å². The first-order valence-corrected chi connectivity index (χ1v) is 10.7. The fraction of sp³-hybridized carbons (Fsp3) is 0.900. The number of nitrogens with two attached hydrogens (primary N) is 2. The van der Waals surface area contributed by atoms with E-state index in [0.29, 0.717) is 0 Å². The topological polar surface area (TPSA) is 83.2 Å². The lowest BCUT2D eigenvalue weighted by Crippen LogP contribution is -2.42. The van der Waals surface area contributed by atoms with E-state index in [1.54, 1.807) is 0 Å². The largest absolute Gasteiger partial charge is 0.370 e. The van der Waals surface area contributed by atoms with Crippen LogP contribution in [0.4, 0.5) is 0 Å². The van der Waals surface area contributed by atoms with Crippen LogP contribution >= 0.6 is 0 Å². The van der Waals surface area contributed by atoms with Crippen LogP contribution in [0.2, 0.25) is 0 Å². The Morgan fingerprint density at radius 1 is 0.692 bits per heavy atom. The van der Waals surface area contributed by atoms with Gasteiger partial charge in [0.15, 0.2) is 11.9 Å². The Labute approximate surface area is 160 Å². The molecule has 0 bridgehead atoms. The zero-order valence-corrected chi connectivity index (χ0v) is 17.0. The second-order valence-corrected chi connectivity index (χ2v) is 8.23. The van der Waals surface area contributed by atoms with Crippen LogP contribution in [-0.4, -0.2) is 61.0 Å². The van der Waals surface area contributed by atoms with Crippen LogP contribution in [-0.2, 0) is 0 Å². The molecule has 2 fully saturated rings. The molecule has 4 N–H and O–H groups in total. The van der Waals surface area contributed by atoms with Crippen molar-refractivity contribution in [2.24, 2.45) is 33.3 Å². The van der Waals surface area contributed by atoms with Gasteiger partial charge >= 0.3 is 0 Å². The Kier molecular flexibility index (Phi) is 9.06. The number of nitrogens with zero attached hydrogens (tertiary/aromatic N) is 4. The summed E-state index contributed by atoms with van der Waals surface area (Å²) in [4.78, 5) is 13.6. The highest BCUT2D eigenvalue weighted by atomic mass is 15.3. The zero-order chi connectivity index (χ0) is 18.8. The van der Waals surface area contributed by atoms with Gasteiger partial charge < -0.3 is 21.3 Å². The van der Waals surface area contributed by atoms with Crippen LogP contribution in [0.1, 0.15) is 65.2 Å². The van der Waals surface area contributed by atoms with Gasteiger partial charge in [-0.25, -0.2) is 0 Å². The molecule has 0 aliphatic carbocycles. The van der Waals surface area contributed by atoms with Crippen molar-refractivity contribution in [3.05, 3.63) is 0 Å². The van der Waals surface area contributed by atoms with Crippen molar-refractivity contribution >= 4 is 11.9 Å². The molecule has 2 saturated heterocycles. The van der Waals surface area contributed by atoms with E-state index >= 15 is 0 Å². The summed E-state index contributed by atoms with van der Waals surface area (Å²) in [6, 6.07) is 0. The molecule has 0 aromatic rings. The molecular formula is C20H40N6. The number of rotatable bonds is 7. The molecule has 6 nitrogen and oxygen atoms in total. The van der Waals surface area contributed by atoms with Crippen molar-refractivity contribution in [3.63, 3.8) is 0 Å². The van der Waals surface area contributed by atoms with Crippen LogP contribution in [0, 0.1) is 11.8 Å². The van der Waals surface area contributed by atoms with Crippen molar-refractivity contribution in [3.8, 4) is 0 Å². The average molecular weight is 365 g/mol. The number of likely N-dealkylation sites (tertiary alicyclic amines) is 2. The van der Waals surface area contributed by atoms with Gasteiger partial charge in [0.25, 0.3) is 0 Å². The summed E-state index contributed by atoms with van der Waals surface area (Å²) >= 11 is 0. The highest BCUT2D eigenvalue weighted by Crippen LogP contribution is 2.16. The first-order valence-electron chi connectivity index (χ1n) is 10.7. The second kappa shape index (κ2) is 11.3. The van der Waals surface area contributed by atoms with Crippen LogP contribution in [0.3, 0.4) is 0 Å².